The number of aryl methyl sites for hydroxylation is 3. The number of aliphatic hydroxyl groups is 1. The van der Waals surface area contributed by atoms with Crippen LogP contribution in [0.3, 0.4) is 0 Å². The molecule has 0 aliphatic rings. The Morgan fingerprint density at radius 3 is 2.40 bits per heavy atom. The Bertz CT molecular complexity index is 567. The summed E-state index contributed by atoms with van der Waals surface area (Å²) in [6.07, 6.45) is 0. The molecular formula is C14H22N4O2. The first-order chi connectivity index (χ1) is 9.54. The summed E-state index contributed by atoms with van der Waals surface area (Å²) in [5, 5.41) is 20.8. The normalized spacial score (nSPS) is 11.2. The molecule has 0 aromatic carbocycles. The van der Waals surface area contributed by atoms with E-state index in [-0.39, 0.29) is 6.61 Å². The molecule has 2 N–H and O–H groups in total. The van der Waals surface area contributed by atoms with Crippen molar-refractivity contribution >= 4 is 0 Å². The maximum Gasteiger partial charge on any atom is 0.138 e. The van der Waals surface area contributed by atoms with Crippen LogP contribution in [-0.4, -0.2) is 26.7 Å². The van der Waals surface area contributed by atoms with Crippen LogP contribution in [0.2, 0.25) is 0 Å². The maximum absolute atomic E-state index is 9.01. The highest BCUT2D eigenvalue weighted by molar-refractivity contribution is 5.25. The van der Waals surface area contributed by atoms with Crippen molar-refractivity contribution in [3.63, 3.8) is 0 Å². The Kier molecular flexibility index (Phi) is 4.57. The minimum Gasteiger partial charge on any atom is -0.394 e. The van der Waals surface area contributed by atoms with Crippen LogP contribution in [-0.2, 0) is 19.6 Å². The van der Waals surface area contributed by atoms with Gasteiger partial charge in [-0.2, -0.15) is 5.10 Å². The molecule has 110 valence electrons. The predicted octanol–water partition coefficient (Wildman–Crippen LogP) is 1.39. The lowest BCUT2D eigenvalue weighted by Gasteiger charge is -2.06. The van der Waals surface area contributed by atoms with Crippen molar-refractivity contribution in [2.75, 3.05) is 6.61 Å². The average Bonchev–Trinajstić information content (AvgIpc) is 2.86. The van der Waals surface area contributed by atoms with E-state index in [0.29, 0.717) is 6.54 Å². The second-order valence-electron chi connectivity index (χ2n) is 5.00. The van der Waals surface area contributed by atoms with Gasteiger partial charge in [0.2, 0.25) is 0 Å². The molecule has 6 heteroatoms. The van der Waals surface area contributed by atoms with E-state index in [4.69, 9.17) is 9.63 Å². The molecule has 0 aliphatic carbocycles. The molecule has 0 spiro atoms. The summed E-state index contributed by atoms with van der Waals surface area (Å²) >= 11 is 0. The van der Waals surface area contributed by atoms with Crippen molar-refractivity contribution in [1.29, 1.82) is 0 Å². The molecule has 0 fully saturated rings. The van der Waals surface area contributed by atoms with Crippen LogP contribution in [0.1, 0.15) is 34.0 Å². The van der Waals surface area contributed by atoms with Gasteiger partial charge >= 0.3 is 0 Å². The third-order valence-electron chi connectivity index (χ3n) is 3.63. The van der Waals surface area contributed by atoms with E-state index in [1.807, 2.05) is 32.4 Å². The smallest absolute Gasteiger partial charge is 0.138 e. The minimum atomic E-state index is 0.105. The molecule has 0 saturated heterocycles. The van der Waals surface area contributed by atoms with E-state index in [9.17, 15) is 0 Å². The Morgan fingerprint density at radius 1 is 1.10 bits per heavy atom. The summed E-state index contributed by atoms with van der Waals surface area (Å²) in [7, 11) is 0. The molecule has 0 atom stereocenters. The van der Waals surface area contributed by atoms with Crippen LogP contribution in [0, 0.1) is 27.7 Å². The molecule has 0 aliphatic heterocycles. The van der Waals surface area contributed by atoms with Gasteiger partial charge in [-0.15, -0.1) is 0 Å². The summed E-state index contributed by atoms with van der Waals surface area (Å²) in [5.74, 6) is 0.861. The average molecular weight is 278 g/mol. The number of aromatic nitrogens is 3. The molecule has 2 rings (SSSR count). The zero-order valence-corrected chi connectivity index (χ0v) is 12.5. The van der Waals surface area contributed by atoms with Gasteiger partial charge in [-0.25, -0.2) is 0 Å². The van der Waals surface area contributed by atoms with Crippen molar-refractivity contribution in [1.82, 2.24) is 20.3 Å². The van der Waals surface area contributed by atoms with Crippen molar-refractivity contribution in [2.24, 2.45) is 0 Å². The molecule has 2 heterocycles. The highest BCUT2D eigenvalue weighted by Crippen LogP contribution is 2.15. The molecule has 6 nitrogen and oxygen atoms in total. The second kappa shape index (κ2) is 6.19. The molecule has 2 aromatic rings. The fourth-order valence-electron chi connectivity index (χ4n) is 2.37. The Balaban J connectivity index is 2.01. The van der Waals surface area contributed by atoms with Gasteiger partial charge in [0.1, 0.15) is 5.76 Å². The van der Waals surface area contributed by atoms with E-state index in [1.54, 1.807) is 0 Å². The number of rotatable bonds is 6. The third kappa shape index (κ3) is 2.91. The Labute approximate surface area is 118 Å². The van der Waals surface area contributed by atoms with Crippen LogP contribution in [0.15, 0.2) is 4.52 Å². The van der Waals surface area contributed by atoms with Crippen molar-refractivity contribution in [3.05, 3.63) is 34.0 Å². The number of hydrogen-bond acceptors (Lipinski definition) is 5. The molecule has 0 saturated carbocycles. The maximum atomic E-state index is 9.01. The molecule has 0 unspecified atom stereocenters. The van der Waals surface area contributed by atoms with Gasteiger partial charge in [-0.1, -0.05) is 5.16 Å². The summed E-state index contributed by atoms with van der Waals surface area (Å²) in [6.45, 7) is 10.0. The quantitative estimate of drug-likeness (QED) is 0.835. The number of hydrogen-bond donors (Lipinski definition) is 2. The summed E-state index contributed by atoms with van der Waals surface area (Å²) < 4.78 is 7.00. The van der Waals surface area contributed by atoms with Gasteiger partial charge in [0, 0.05) is 29.9 Å². The first kappa shape index (κ1) is 14.7. The topological polar surface area (TPSA) is 76.1 Å². The van der Waals surface area contributed by atoms with E-state index < -0.39 is 0 Å². The fourth-order valence-corrected chi connectivity index (χ4v) is 2.37. The van der Waals surface area contributed by atoms with Crippen molar-refractivity contribution in [3.8, 4) is 0 Å². The monoisotopic (exact) mass is 278 g/mol. The lowest BCUT2D eigenvalue weighted by atomic mass is 10.1. The molecular weight excluding hydrogens is 256 g/mol. The third-order valence-corrected chi connectivity index (χ3v) is 3.63. The highest BCUT2D eigenvalue weighted by atomic mass is 16.5. The lowest BCUT2D eigenvalue weighted by molar-refractivity contribution is 0.267. The molecule has 20 heavy (non-hydrogen) atoms. The Hall–Kier alpha value is -1.66. The molecule has 0 radical (unpaired) electrons. The van der Waals surface area contributed by atoms with E-state index in [0.717, 1.165) is 41.5 Å². The van der Waals surface area contributed by atoms with Crippen LogP contribution < -0.4 is 5.32 Å². The summed E-state index contributed by atoms with van der Waals surface area (Å²) in [5.41, 5.74) is 5.33. The van der Waals surface area contributed by atoms with Crippen molar-refractivity contribution in [2.45, 2.75) is 47.3 Å². The number of nitrogens with zero attached hydrogens (tertiary/aromatic N) is 3. The zero-order valence-electron chi connectivity index (χ0n) is 12.5. The van der Waals surface area contributed by atoms with E-state index >= 15 is 0 Å². The van der Waals surface area contributed by atoms with E-state index in [2.05, 4.69) is 15.6 Å². The first-order valence-corrected chi connectivity index (χ1v) is 6.80. The van der Waals surface area contributed by atoms with Gasteiger partial charge in [-0.05, 0) is 27.7 Å². The summed E-state index contributed by atoms with van der Waals surface area (Å²) in [4.78, 5) is 0. The van der Waals surface area contributed by atoms with Crippen LogP contribution >= 0.6 is 0 Å². The van der Waals surface area contributed by atoms with Gasteiger partial charge in [0.05, 0.1) is 24.5 Å². The highest BCUT2D eigenvalue weighted by Gasteiger charge is 2.12. The number of aliphatic hydroxyl groups excluding tert-OH is 1. The molecule has 0 amide bonds. The second-order valence-corrected chi connectivity index (χ2v) is 5.00. The van der Waals surface area contributed by atoms with Crippen molar-refractivity contribution < 1.29 is 9.63 Å². The predicted molar refractivity (Wildman–Crippen MR) is 75.3 cm³/mol. The van der Waals surface area contributed by atoms with Gasteiger partial charge in [0.15, 0.2) is 0 Å². The lowest BCUT2D eigenvalue weighted by Crippen LogP contribution is -2.15. The van der Waals surface area contributed by atoms with Gasteiger partial charge in [0.25, 0.3) is 0 Å². The van der Waals surface area contributed by atoms with Crippen LogP contribution in [0.25, 0.3) is 0 Å². The molecule has 0 bridgehead atoms. The largest absolute Gasteiger partial charge is 0.394 e. The van der Waals surface area contributed by atoms with Crippen LogP contribution in [0.4, 0.5) is 0 Å². The summed E-state index contributed by atoms with van der Waals surface area (Å²) in [6, 6.07) is 0. The number of nitrogens with one attached hydrogen (secondary N) is 1. The fraction of sp³-hybridized carbons (Fsp3) is 0.571. The zero-order chi connectivity index (χ0) is 14.7. The van der Waals surface area contributed by atoms with Crippen LogP contribution in [0.5, 0.6) is 0 Å². The van der Waals surface area contributed by atoms with Gasteiger partial charge in [-0.3, -0.25) is 4.68 Å². The molecule has 2 aromatic heterocycles. The standard InChI is InChI=1S/C14H22N4O2/c1-9-13(11(3)18(16-9)5-6-19)7-15-8-14-10(2)17-20-12(14)4/h15,19H,5-8H2,1-4H3. The first-order valence-electron chi connectivity index (χ1n) is 6.80. The minimum absolute atomic E-state index is 0.105. The van der Waals surface area contributed by atoms with Gasteiger partial charge < -0.3 is 14.9 Å². The SMILES string of the molecule is Cc1noc(C)c1CNCc1c(C)nn(CCO)c1C. The van der Waals surface area contributed by atoms with E-state index in [1.165, 1.54) is 5.56 Å². The Morgan fingerprint density at radius 2 is 1.80 bits per heavy atom.